The fraction of sp³-hybridized carbons (Fsp3) is 0.267. The van der Waals surface area contributed by atoms with E-state index in [9.17, 15) is 13.2 Å². The summed E-state index contributed by atoms with van der Waals surface area (Å²) >= 11 is 3.22. The van der Waals surface area contributed by atoms with E-state index < -0.39 is 15.9 Å². The molecule has 1 aromatic heterocycles. The van der Waals surface area contributed by atoms with Crippen LogP contribution in [0.15, 0.2) is 50.4 Å². The Morgan fingerprint density at radius 3 is 2.79 bits per heavy atom. The number of ether oxygens (including phenoxy) is 1. The minimum absolute atomic E-state index is 0.113. The van der Waals surface area contributed by atoms with E-state index in [2.05, 4.69) is 21.2 Å². The molecular weight excluding hydrogens is 400 g/mol. The topological polar surface area (TPSA) is 112 Å². The molecule has 0 aliphatic carbocycles. The third kappa shape index (κ3) is 5.45. The van der Waals surface area contributed by atoms with Crippen LogP contribution in [0.2, 0.25) is 0 Å². The van der Waals surface area contributed by atoms with Gasteiger partial charge in [0.2, 0.25) is 10.0 Å². The summed E-state index contributed by atoms with van der Waals surface area (Å²) in [5, 5.41) is 7.78. The van der Waals surface area contributed by atoms with Crippen molar-refractivity contribution in [1.82, 2.24) is 5.32 Å². The van der Waals surface area contributed by atoms with Gasteiger partial charge in [-0.1, -0.05) is 0 Å². The maximum Gasteiger partial charge on any atom is 0.252 e. The van der Waals surface area contributed by atoms with Crippen LogP contribution < -0.4 is 10.5 Å². The number of nitrogens with one attached hydrogen (secondary N) is 1. The molecule has 0 saturated heterocycles. The molecule has 0 aliphatic rings. The summed E-state index contributed by atoms with van der Waals surface area (Å²) in [4.78, 5) is 12.0. The van der Waals surface area contributed by atoms with Crippen LogP contribution in [0.5, 0.6) is 0 Å². The molecule has 0 bridgehead atoms. The zero-order valence-electron chi connectivity index (χ0n) is 12.7. The van der Waals surface area contributed by atoms with Crippen molar-refractivity contribution in [3.05, 3.63) is 52.4 Å². The largest absolute Gasteiger partial charge is 0.467 e. The van der Waals surface area contributed by atoms with Crippen LogP contribution in [0.3, 0.4) is 0 Å². The third-order valence-electron chi connectivity index (χ3n) is 3.09. The van der Waals surface area contributed by atoms with Crippen molar-refractivity contribution in [1.29, 1.82) is 0 Å². The highest BCUT2D eigenvalue weighted by Crippen LogP contribution is 2.20. The van der Waals surface area contributed by atoms with Gasteiger partial charge >= 0.3 is 0 Å². The van der Waals surface area contributed by atoms with Gasteiger partial charge in [-0.05, 0) is 52.7 Å². The molecule has 0 saturated carbocycles. The number of halogens is 1. The number of hydrogen-bond acceptors (Lipinski definition) is 5. The molecule has 0 fully saturated rings. The number of rotatable bonds is 8. The Morgan fingerprint density at radius 1 is 1.33 bits per heavy atom. The molecule has 0 atom stereocenters. The van der Waals surface area contributed by atoms with Crippen LogP contribution in [0, 0.1) is 0 Å². The molecule has 2 aromatic rings. The van der Waals surface area contributed by atoms with E-state index in [1.54, 1.807) is 12.3 Å². The summed E-state index contributed by atoms with van der Waals surface area (Å²) < 4.78 is 33.7. The van der Waals surface area contributed by atoms with Crippen LogP contribution in [-0.4, -0.2) is 27.5 Å². The van der Waals surface area contributed by atoms with Gasteiger partial charge in [0, 0.05) is 17.6 Å². The summed E-state index contributed by atoms with van der Waals surface area (Å²) in [5.41, 5.74) is 0.207. The molecule has 1 aromatic carbocycles. The summed E-state index contributed by atoms with van der Waals surface area (Å²) in [7, 11) is -3.86. The van der Waals surface area contributed by atoms with Crippen molar-refractivity contribution < 1.29 is 22.4 Å². The van der Waals surface area contributed by atoms with Crippen molar-refractivity contribution >= 4 is 31.9 Å². The molecule has 0 radical (unpaired) electrons. The Labute approximate surface area is 148 Å². The van der Waals surface area contributed by atoms with Crippen molar-refractivity contribution in [2.45, 2.75) is 17.9 Å². The highest BCUT2D eigenvalue weighted by Gasteiger charge is 2.15. The fourth-order valence-electron chi connectivity index (χ4n) is 1.89. The number of benzene rings is 1. The highest BCUT2D eigenvalue weighted by atomic mass is 79.9. The quantitative estimate of drug-likeness (QED) is 0.639. The zero-order chi connectivity index (χ0) is 17.6. The first kappa shape index (κ1) is 18.7. The molecule has 0 aliphatic heterocycles. The Hall–Kier alpha value is -1.68. The standard InChI is InChI=1S/C15H17BrN2O5S/c16-14-5-4-12(24(17,20)21)9-13(14)15(19)18-6-2-7-22-10-11-3-1-8-23-11/h1,3-5,8-9H,2,6-7,10H2,(H,18,19)(H2,17,20,21). The van der Waals surface area contributed by atoms with E-state index >= 15 is 0 Å². The lowest BCUT2D eigenvalue weighted by Crippen LogP contribution is -2.26. The lowest BCUT2D eigenvalue weighted by atomic mass is 10.2. The SMILES string of the molecule is NS(=O)(=O)c1ccc(Br)c(C(=O)NCCCOCc2ccco2)c1. The molecule has 3 N–H and O–H groups in total. The molecule has 24 heavy (non-hydrogen) atoms. The molecule has 9 heteroatoms. The summed E-state index contributed by atoms with van der Waals surface area (Å²) in [6.07, 6.45) is 2.19. The monoisotopic (exact) mass is 416 g/mol. The van der Waals surface area contributed by atoms with E-state index in [1.165, 1.54) is 18.2 Å². The van der Waals surface area contributed by atoms with Gasteiger partial charge in [0.15, 0.2) is 0 Å². The summed E-state index contributed by atoms with van der Waals surface area (Å²) in [6, 6.07) is 7.65. The molecule has 1 amide bonds. The van der Waals surface area contributed by atoms with Gasteiger partial charge in [0.25, 0.3) is 5.91 Å². The van der Waals surface area contributed by atoms with Crippen molar-refractivity contribution in [3.8, 4) is 0 Å². The van der Waals surface area contributed by atoms with Gasteiger partial charge in [0.1, 0.15) is 12.4 Å². The van der Waals surface area contributed by atoms with Crippen LogP contribution in [0.25, 0.3) is 0 Å². The number of amides is 1. The van der Waals surface area contributed by atoms with Gasteiger partial charge in [-0.15, -0.1) is 0 Å². The third-order valence-corrected chi connectivity index (χ3v) is 4.69. The molecule has 0 unspecified atom stereocenters. The Balaban J connectivity index is 1.80. The Morgan fingerprint density at radius 2 is 2.12 bits per heavy atom. The van der Waals surface area contributed by atoms with E-state index in [0.717, 1.165) is 5.76 Å². The first-order chi connectivity index (χ1) is 11.4. The number of hydrogen-bond donors (Lipinski definition) is 2. The van der Waals surface area contributed by atoms with Gasteiger partial charge in [-0.25, -0.2) is 13.6 Å². The summed E-state index contributed by atoms with van der Waals surface area (Å²) in [6.45, 7) is 1.23. The van der Waals surface area contributed by atoms with E-state index in [-0.39, 0.29) is 10.5 Å². The minimum Gasteiger partial charge on any atom is -0.467 e. The minimum atomic E-state index is -3.86. The Kier molecular flexibility index (Phi) is 6.55. The number of carbonyl (C=O) groups excluding carboxylic acids is 1. The first-order valence-electron chi connectivity index (χ1n) is 7.08. The zero-order valence-corrected chi connectivity index (χ0v) is 15.1. The first-order valence-corrected chi connectivity index (χ1v) is 9.42. The molecule has 7 nitrogen and oxygen atoms in total. The van der Waals surface area contributed by atoms with Gasteiger partial charge in [-0.3, -0.25) is 4.79 Å². The predicted octanol–water partition coefficient (Wildman–Crippen LogP) is 2.03. The molecule has 0 spiro atoms. The number of sulfonamides is 1. The van der Waals surface area contributed by atoms with Crippen molar-refractivity contribution in [2.75, 3.05) is 13.2 Å². The fourth-order valence-corrected chi connectivity index (χ4v) is 2.86. The molecule has 130 valence electrons. The van der Waals surface area contributed by atoms with Gasteiger partial charge < -0.3 is 14.5 Å². The lowest BCUT2D eigenvalue weighted by molar-refractivity contribution is 0.0916. The number of furan rings is 1. The van der Waals surface area contributed by atoms with Crippen LogP contribution in [0.4, 0.5) is 0 Å². The van der Waals surface area contributed by atoms with E-state index in [1.807, 2.05) is 6.07 Å². The van der Waals surface area contributed by atoms with Crippen molar-refractivity contribution in [2.24, 2.45) is 5.14 Å². The number of nitrogens with two attached hydrogens (primary N) is 1. The number of primary sulfonamides is 1. The van der Waals surface area contributed by atoms with Crippen molar-refractivity contribution in [3.63, 3.8) is 0 Å². The predicted molar refractivity (Wildman–Crippen MR) is 90.8 cm³/mol. The average molecular weight is 417 g/mol. The van der Waals surface area contributed by atoms with Gasteiger partial charge in [-0.2, -0.15) is 0 Å². The normalized spacial score (nSPS) is 11.4. The van der Waals surface area contributed by atoms with Crippen LogP contribution >= 0.6 is 15.9 Å². The Bertz CT molecular complexity index is 790. The highest BCUT2D eigenvalue weighted by molar-refractivity contribution is 9.10. The molecule has 1 heterocycles. The van der Waals surface area contributed by atoms with Crippen LogP contribution in [-0.2, 0) is 21.4 Å². The molecular formula is C15H17BrN2O5S. The van der Waals surface area contributed by atoms with E-state index in [0.29, 0.717) is 30.7 Å². The average Bonchev–Trinajstić information content (AvgIpc) is 3.03. The second kappa shape index (κ2) is 8.43. The van der Waals surface area contributed by atoms with Crippen LogP contribution in [0.1, 0.15) is 22.5 Å². The maximum absolute atomic E-state index is 12.1. The molecule has 2 rings (SSSR count). The summed E-state index contributed by atoms with van der Waals surface area (Å²) in [5.74, 6) is 0.348. The van der Waals surface area contributed by atoms with E-state index in [4.69, 9.17) is 14.3 Å². The number of carbonyl (C=O) groups is 1. The smallest absolute Gasteiger partial charge is 0.252 e. The second-order valence-corrected chi connectivity index (χ2v) is 7.34. The second-order valence-electron chi connectivity index (χ2n) is 4.93. The lowest BCUT2D eigenvalue weighted by Gasteiger charge is -2.08. The van der Waals surface area contributed by atoms with Gasteiger partial charge in [0.05, 0.1) is 16.7 Å². The maximum atomic E-state index is 12.1.